The highest BCUT2D eigenvalue weighted by molar-refractivity contribution is 7.98. The van der Waals surface area contributed by atoms with Crippen LogP contribution >= 0.6 is 23.3 Å². The third-order valence-electron chi connectivity index (χ3n) is 1.75. The Bertz CT molecular complexity index is 452. The van der Waals surface area contributed by atoms with Gasteiger partial charge in [-0.05, 0) is 29.9 Å². The van der Waals surface area contributed by atoms with Gasteiger partial charge in [0.05, 0.1) is 4.70 Å². The lowest BCUT2D eigenvalue weighted by atomic mass is 10.2. The molecule has 1 aromatic carbocycles. The molecule has 0 saturated carbocycles. The number of aldehydes is 1. The van der Waals surface area contributed by atoms with Gasteiger partial charge in [0.2, 0.25) is 0 Å². The number of benzene rings is 1. The first-order valence-electron chi connectivity index (χ1n) is 3.61. The van der Waals surface area contributed by atoms with Gasteiger partial charge in [0.25, 0.3) is 0 Å². The van der Waals surface area contributed by atoms with Crippen LogP contribution in [-0.2, 0) is 0 Å². The molecule has 0 atom stereocenters. The van der Waals surface area contributed by atoms with Crippen LogP contribution in [0.15, 0.2) is 17.0 Å². The third-order valence-corrected chi connectivity index (χ3v) is 3.32. The normalized spacial score (nSPS) is 10.5. The van der Waals surface area contributed by atoms with Crippen LogP contribution in [0, 0.1) is 0 Å². The summed E-state index contributed by atoms with van der Waals surface area (Å²) < 4.78 is 4.69. The predicted octanol–water partition coefficient (Wildman–Crippen LogP) is 2.23. The molecule has 0 amide bonds. The smallest absolute Gasteiger partial charge is 0.152 e. The highest BCUT2D eigenvalue weighted by atomic mass is 32.2. The molecule has 66 valence electrons. The maximum Gasteiger partial charge on any atom is 0.152 e. The first-order chi connectivity index (χ1) is 6.36. The molecule has 0 aliphatic rings. The SMILES string of the molecule is CSc1ccc2nnsc2c1C=O. The molecule has 2 aromatic rings. The lowest BCUT2D eigenvalue weighted by Crippen LogP contribution is -1.84. The van der Waals surface area contributed by atoms with Crippen molar-refractivity contribution in [3.8, 4) is 0 Å². The van der Waals surface area contributed by atoms with Gasteiger partial charge in [-0.25, -0.2) is 0 Å². The van der Waals surface area contributed by atoms with Crippen LogP contribution in [0.2, 0.25) is 0 Å². The van der Waals surface area contributed by atoms with Gasteiger partial charge >= 0.3 is 0 Å². The maximum atomic E-state index is 10.8. The second-order valence-electron chi connectivity index (χ2n) is 2.42. The van der Waals surface area contributed by atoms with Crippen LogP contribution < -0.4 is 0 Å². The van der Waals surface area contributed by atoms with E-state index in [1.165, 1.54) is 11.5 Å². The molecule has 0 radical (unpaired) electrons. The van der Waals surface area contributed by atoms with Gasteiger partial charge < -0.3 is 0 Å². The largest absolute Gasteiger partial charge is 0.298 e. The monoisotopic (exact) mass is 210 g/mol. The molecule has 0 spiro atoms. The highest BCUT2D eigenvalue weighted by Crippen LogP contribution is 2.27. The van der Waals surface area contributed by atoms with E-state index in [0.717, 1.165) is 21.4 Å². The van der Waals surface area contributed by atoms with Crippen molar-refractivity contribution in [3.05, 3.63) is 17.7 Å². The summed E-state index contributed by atoms with van der Waals surface area (Å²) in [6.07, 6.45) is 2.82. The molecule has 0 saturated heterocycles. The fraction of sp³-hybridized carbons (Fsp3) is 0.125. The van der Waals surface area contributed by atoms with Crippen LogP contribution in [0.1, 0.15) is 10.4 Å². The standard InChI is InChI=1S/C8H6N2OS2/c1-12-7-3-2-6-8(5(7)4-11)13-10-9-6/h2-4H,1H3. The molecule has 0 aliphatic heterocycles. The summed E-state index contributed by atoms with van der Waals surface area (Å²) in [5.74, 6) is 0. The molecular formula is C8H6N2OS2. The van der Waals surface area contributed by atoms with E-state index in [2.05, 4.69) is 9.59 Å². The van der Waals surface area contributed by atoms with Gasteiger partial charge in [-0.2, -0.15) is 0 Å². The van der Waals surface area contributed by atoms with Crippen molar-refractivity contribution >= 4 is 39.8 Å². The number of aromatic nitrogens is 2. The van der Waals surface area contributed by atoms with Crippen LogP contribution in [0.5, 0.6) is 0 Å². The first kappa shape index (κ1) is 8.65. The number of nitrogens with zero attached hydrogens (tertiary/aromatic N) is 2. The number of carbonyl (C=O) groups is 1. The summed E-state index contributed by atoms with van der Waals surface area (Å²) in [5.41, 5.74) is 1.50. The molecule has 0 aliphatic carbocycles. The van der Waals surface area contributed by atoms with Crippen LogP contribution in [-0.4, -0.2) is 22.1 Å². The van der Waals surface area contributed by atoms with Gasteiger partial charge in [0, 0.05) is 10.5 Å². The Morgan fingerprint density at radius 1 is 1.54 bits per heavy atom. The van der Waals surface area contributed by atoms with Crippen LogP contribution in [0.4, 0.5) is 0 Å². The second kappa shape index (κ2) is 3.43. The molecule has 1 heterocycles. The van der Waals surface area contributed by atoms with Crippen molar-refractivity contribution in [1.82, 2.24) is 9.59 Å². The van der Waals surface area contributed by atoms with E-state index in [1.54, 1.807) is 11.8 Å². The number of thioether (sulfide) groups is 1. The van der Waals surface area contributed by atoms with E-state index in [1.807, 2.05) is 18.4 Å². The van der Waals surface area contributed by atoms with E-state index in [0.29, 0.717) is 5.56 Å². The summed E-state index contributed by atoms with van der Waals surface area (Å²) in [6.45, 7) is 0. The molecule has 1 aromatic heterocycles. The lowest BCUT2D eigenvalue weighted by Gasteiger charge is -1.99. The molecule has 0 fully saturated rings. The van der Waals surface area contributed by atoms with Crippen LogP contribution in [0.25, 0.3) is 10.2 Å². The molecule has 0 N–H and O–H groups in total. The van der Waals surface area contributed by atoms with Gasteiger partial charge in [0.15, 0.2) is 6.29 Å². The van der Waals surface area contributed by atoms with E-state index in [9.17, 15) is 4.79 Å². The summed E-state index contributed by atoms with van der Waals surface area (Å²) in [6, 6.07) is 3.79. The summed E-state index contributed by atoms with van der Waals surface area (Å²) in [5, 5.41) is 3.90. The summed E-state index contributed by atoms with van der Waals surface area (Å²) in [4.78, 5) is 11.8. The summed E-state index contributed by atoms with van der Waals surface area (Å²) >= 11 is 2.82. The minimum Gasteiger partial charge on any atom is -0.298 e. The minimum absolute atomic E-state index is 0.708. The van der Waals surface area contributed by atoms with E-state index in [4.69, 9.17) is 0 Å². The number of fused-ring (bicyclic) bond motifs is 1. The molecule has 0 bridgehead atoms. The first-order valence-corrected chi connectivity index (χ1v) is 5.61. The van der Waals surface area contributed by atoms with Gasteiger partial charge in [0.1, 0.15) is 5.52 Å². The second-order valence-corrected chi connectivity index (χ2v) is 4.02. The van der Waals surface area contributed by atoms with Crippen molar-refractivity contribution in [3.63, 3.8) is 0 Å². The van der Waals surface area contributed by atoms with Gasteiger partial charge in [-0.15, -0.1) is 16.9 Å². The number of carbonyl (C=O) groups excluding carboxylic acids is 1. The van der Waals surface area contributed by atoms with Crippen molar-refractivity contribution < 1.29 is 4.79 Å². The topological polar surface area (TPSA) is 42.9 Å². The Hall–Kier alpha value is -0.940. The fourth-order valence-corrected chi connectivity index (χ4v) is 2.45. The van der Waals surface area contributed by atoms with Crippen molar-refractivity contribution in [1.29, 1.82) is 0 Å². The lowest BCUT2D eigenvalue weighted by molar-refractivity contribution is 0.112. The number of hydrogen-bond donors (Lipinski definition) is 0. The molecule has 0 unspecified atom stereocenters. The molecule has 5 heteroatoms. The Balaban J connectivity index is 2.81. The Morgan fingerprint density at radius 2 is 2.38 bits per heavy atom. The van der Waals surface area contributed by atoms with E-state index in [-0.39, 0.29) is 0 Å². The zero-order valence-corrected chi connectivity index (χ0v) is 8.48. The Labute approximate surface area is 83.3 Å². The molecule has 2 rings (SSSR count). The number of rotatable bonds is 2. The maximum absolute atomic E-state index is 10.8. The van der Waals surface area contributed by atoms with Gasteiger partial charge in [-0.3, -0.25) is 4.79 Å². The Kier molecular flexibility index (Phi) is 2.28. The zero-order chi connectivity index (χ0) is 9.26. The highest BCUT2D eigenvalue weighted by Gasteiger charge is 2.08. The predicted molar refractivity (Wildman–Crippen MR) is 54.6 cm³/mol. The molecular weight excluding hydrogens is 204 g/mol. The average molecular weight is 210 g/mol. The minimum atomic E-state index is 0.708. The van der Waals surface area contributed by atoms with E-state index < -0.39 is 0 Å². The Morgan fingerprint density at radius 3 is 3.08 bits per heavy atom. The van der Waals surface area contributed by atoms with Crippen molar-refractivity contribution in [2.24, 2.45) is 0 Å². The van der Waals surface area contributed by atoms with Crippen LogP contribution in [0.3, 0.4) is 0 Å². The zero-order valence-electron chi connectivity index (χ0n) is 6.85. The quantitative estimate of drug-likeness (QED) is 0.563. The molecule has 13 heavy (non-hydrogen) atoms. The fourth-order valence-electron chi connectivity index (χ4n) is 1.14. The third kappa shape index (κ3) is 1.34. The van der Waals surface area contributed by atoms with Gasteiger partial charge in [-0.1, -0.05) is 4.49 Å². The molecule has 3 nitrogen and oxygen atoms in total. The average Bonchev–Trinajstić information content (AvgIpc) is 2.63. The van der Waals surface area contributed by atoms with Crippen molar-refractivity contribution in [2.45, 2.75) is 4.90 Å². The summed E-state index contributed by atoms with van der Waals surface area (Å²) in [7, 11) is 0. The number of hydrogen-bond acceptors (Lipinski definition) is 5. The van der Waals surface area contributed by atoms with E-state index >= 15 is 0 Å². The van der Waals surface area contributed by atoms with Crippen molar-refractivity contribution in [2.75, 3.05) is 6.26 Å².